The van der Waals surface area contributed by atoms with Gasteiger partial charge in [-0.15, -0.1) is 0 Å². The molecule has 11 aromatic rings. The minimum Gasteiger partial charge on any atom is -0.455 e. The Labute approximate surface area is 322 Å². The smallest absolute Gasteiger partial charge is 0.164 e. The van der Waals surface area contributed by atoms with Crippen LogP contribution in [0.25, 0.3) is 106 Å². The van der Waals surface area contributed by atoms with Crippen molar-refractivity contribution in [3.8, 4) is 62.1 Å². The lowest BCUT2D eigenvalue weighted by Gasteiger charge is -2.10. The normalized spacial score (nSPS) is 11.6. The van der Waals surface area contributed by atoms with Gasteiger partial charge in [0.2, 0.25) is 0 Å². The van der Waals surface area contributed by atoms with Crippen molar-refractivity contribution in [1.29, 1.82) is 0 Å². The number of furan rings is 1. The summed E-state index contributed by atoms with van der Waals surface area (Å²) in [5.41, 5.74) is 12.4. The van der Waals surface area contributed by atoms with Crippen molar-refractivity contribution in [3.05, 3.63) is 194 Å². The molecule has 0 unspecified atom stereocenters. The topological polar surface area (TPSA) is 56.7 Å². The van der Waals surface area contributed by atoms with Crippen LogP contribution < -0.4 is 0 Å². The van der Waals surface area contributed by atoms with Crippen LogP contribution >= 0.6 is 0 Å². The van der Waals surface area contributed by atoms with Gasteiger partial charge in [0.25, 0.3) is 0 Å². The zero-order chi connectivity index (χ0) is 37.0. The maximum absolute atomic E-state index is 6.70. The van der Waals surface area contributed by atoms with Gasteiger partial charge in [-0.25, -0.2) is 15.0 Å². The zero-order valence-electron chi connectivity index (χ0n) is 30.2. The summed E-state index contributed by atoms with van der Waals surface area (Å²) < 4.78 is 9.07. The van der Waals surface area contributed by atoms with Gasteiger partial charge in [-0.1, -0.05) is 152 Å². The first-order valence-electron chi connectivity index (χ1n) is 18.8. The fraction of sp³-hybridized carbons (Fsp3) is 0. The molecule has 262 valence electrons. The van der Waals surface area contributed by atoms with E-state index in [4.69, 9.17) is 19.4 Å². The summed E-state index contributed by atoms with van der Waals surface area (Å²) in [7, 11) is 0. The van der Waals surface area contributed by atoms with Gasteiger partial charge in [-0.2, -0.15) is 0 Å². The van der Waals surface area contributed by atoms with Gasteiger partial charge in [0.05, 0.1) is 11.0 Å². The number of hydrogen-bond acceptors (Lipinski definition) is 4. The highest BCUT2D eigenvalue weighted by Gasteiger charge is 2.18. The summed E-state index contributed by atoms with van der Waals surface area (Å²) in [6.07, 6.45) is 0. The molecule has 0 aliphatic rings. The van der Waals surface area contributed by atoms with Crippen LogP contribution in [0.15, 0.2) is 199 Å². The van der Waals surface area contributed by atoms with E-state index in [1.165, 1.54) is 27.4 Å². The average Bonchev–Trinajstić information content (AvgIpc) is 3.82. The molecule has 0 aliphatic heterocycles. The predicted molar refractivity (Wildman–Crippen MR) is 229 cm³/mol. The van der Waals surface area contributed by atoms with Gasteiger partial charge in [0.15, 0.2) is 17.5 Å². The van der Waals surface area contributed by atoms with Gasteiger partial charge in [0, 0.05) is 49.5 Å². The van der Waals surface area contributed by atoms with E-state index < -0.39 is 0 Å². The highest BCUT2D eigenvalue weighted by Crippen LogP contribution is 2.40. The van der Waals surface area contributed by atoms with E-state index in [2.05, 4.69) is 126 Å². The summed E-state index contributed by atoms with van der Waals surface area (Å²) in [4.78, 5) is 14.8. The van der Waals surface area contributed by atoms with Crippen LogP contribution in [0.2, 0.25) is 0 Å². The van der Waals surface area contributed by atoms with E-state index in [1.54, 1.807) is 0 Å². The summed E-state index contributed by atoms with van der Waals surface area (Å²) in [6.45, 7) is 0. The molecule has 0 atom stereocenters. The van der Waals surface area contributed by atoms with E-state index in [1.807, 2.05) is 72.8 Å². The van der Waals surface area contributed by atoms with Gasteiger partial charge >= 0.3 is 0 Å². The number of aromatic nitrogens is 4. The molecule has 0 N–H and O–H groups in total. The van der Waals surface area contributed by atoms with Crippen LogP contribution in [0.1, 0.15) is 0 Å². The van der Waals surface area contributed by atoms with Crippen LogP contribution in [0.5, 0.6) is 0 Å². The standard InChI is InChI=1S/C51H32N4O/c1-4-13-33(14-5-1)34-23-27-39(28-24-34)55-45-22-11-10-19-41(45)42-29-25-37(32-46(42)55)40-20-12-21-43-44-31-38(26-30-47(44)56-48(40)43)51-53-49(35-15-6-2-7-16-35)52-50(54-51)36-17-8-3-9-18-36/h1-32H. The second-order valence-corrected chi connectivity index (χ2v) is 14.0. The van der Waals surface area contributed by atoms with Crippen molar-refractivity contribution < 1.29 is 4.42 Å². The minimum absolute atomic E-state index is 0.611. The van der Waals surface area contributed by atoms with Crippen molar-refractivity contribution in [3.63, 3.8) is 0 Å². The first kappa shape index (κ1) is 31.9. The van der Waals surface area contributed by atoms with Crippen molar-refractivity contribution in [2.45, 2.75) is 0 Å². The maximum Gasteiger partial charge on any atom is 0.164 e. The highest BCUT2D eigenvalue weighted by atomic mass is 16.3. The molecule has 11 rings (SSSR count). The Morgan fingerprint density at radius 1 is 0.339 bits per heavy atom. The first-order chi connectivity index (χ1) is 27.7. The molecule has 0 saturated heterocycles. The molecule has 8 aromatic carbocycles. The summed E-state index contributed by atoms with van der Waals surface area (Å²) in [5.74, 6) is 1.88. The van der Waals surface area contributed by atoms with E-state index in [0.717, 1.165) is 61.0 Å². The second-order valence-electron chi connectivity index (χ2n) is 14.0. The molecule has 3 heterocycles. The predicted octanol–water partition coefficient (Wildman–Crippen LogP) is 13.2. The monoisotopic (exact) mass is 716 g/mol. The largest absolute Gasteiger partial charge is 0.455 e. The Morgan fingerprint density at radius 2 is 0.875 bits per heavy atom. The lowest BCUT2D eigenvalue weighted by molar-refractivity contribution is 0.670. The second kappa shape index (κ2) is 13.0. The van der Waals surface area contributed by atoms with Crippen molar-refractivity contribution >= 4 is 43.7 Å². The molecule has 0 radical (unpaired) electrons. The zero-order valence-corrected chi connectivity index (χ0v) is 30.2. The third-order valence-electron chi connectivity index (χ3n) is 10.7. The summed E-state index contributed by atoms with van der Waals surface area (Å²) in [5, 5.41) is 4.48. The number of fused-ring (bicyclic) bond motifs is 6. The molecule has 56 heavy (non-hydrogen) atoms. The summed E-state index contributed by atoms with van der Waals surface area (Å²) >= 11 is 0. The lowest BCUT2D eigenvalue weighted by atomic mass is 10.0. The fourth-order valence-corrected chi connectivity index (χ4v) is 7.95. The number of benzene rings is 8. The number of hydrogen-bond donors (Lipinski definition) is 0. The first-order valence-corrected chi connectivity index (χ1v) is 18.8. The third-order valence-corrected chi connectivity index (χ3v) is 10.7. The van der Waals surface area contributed by atoms with E-state index >= 15 is 0 Å². The SMILES string of the molecule is c1ccc(-c2ccc(-n3c4ccccc4c4ccc(-c5cccc6c5oc5ccc(-c7nc(-c8ccccc8)nc(-c8ccccc8)n7)cc56)cc43)cc2)cc1. The Morgan fingerprint density at radius 3 is 1.57 bits per heavy atom. The van der Waals surface area contributed by atoms with Crippen LogP contribution in [0, 0.1) is 0 Å². The van der Waals surface area contributed by atoms with E-state index in [9.17, 15) is 0 Å². The van der Waals surface area contributed by atoms with Gasteiger partial charge in [-0.05, 0) is 59.2 Å². The van der Waals surface area contributed by atoms with Crippen molar-refractivity contribution in [2.75, 3.05) is 0 Å². The number of rotatable bonds is 6. The Kier molecular flexibility index (Phi) is 7.42. The van der Waals surface area contributed by atoms with Gasteiger partial charge < -0.3 is 8.98 Å². The molecule has 0 spiro atoms. The third kappa shape index (κ3) is 5.37. The van der Waals surface area contributed by atoms with Crippen LogP contribution in [0.4, 0.5) is 0 Å². The van der Waals surface area contributed by atoms with E-state index in [0.29, 0.717) is 17.5 Å². The molecule has 5 heteroatoms. The highest BCUT2D eigenvalue weighted by molar-refractivity contribution is 6.13. The van der Waals surface area contributed by atoms with Crippen molar-refractivity contribution in [2.24, 2.45) is 0 Å². The van der Waals surface area contributed by atoms with Gasteiger partial charge in [0.1, 0.15) is 11.2 Å². The fourth-order valence-electron chi connectivity index (χ4n) is 7.95. The average molecular weight is 717 g/mol. The molecule has 0 amide bonds. The number of para-hydroxylation sites is 2. The molecule has 5 nitrogen and oxygen atoms in total. The van der Waals surface area contributed by atoms with Crippen LogP contribution in [-0.2, 0) is 0 Å². The molecule has 3 aromatic heterocycles. The molecule has 0 bridgehead atoms. The summed E-state index contributed by atoms with van der Waals surface area (Å²) in [6, 6.07) is 67.5. The molecular weight excluding hydrogens is 685 g/mol. The van der Waals surface area contributed by atoms with Crippen LogP contribution in [-0.4, -0.2) is 19.5 Å². The Balaban J connectivity index is 1.04. The Hall–Kier alpha value is -7.63. The lowest BCUT2D eigenvalue weighted by Crippen LogP contribution is -2.00. The molecule has 0 fully saturated rings. The van der Waals surface area contributed by atoms with E-state index in [-0.39, 0.29) is 0 Å². The number of nitrogens with zero attached hydrogens (tertiary/aromatic N) is 4. The quantitative estimate of drug-likeness (QED) is 0.172. The van der Waals surface area contributed by atoms with Crippen LogP contribution in [0.3, 0.4) is 0 Å². The Bertz CT molecular complexity index is 3160. The molecular formula is C51H32N4O. The molecule has 0 saturated carbocycles. The maximum atomic E-state index is 6.70. The van der Waals surface area contributed by atoms with Gasteiger partial charge in [-0.3, -0.25) is 0 Å². The molecule has 0 aliphatic carbocycles. The minimum atomic E-state index is 0.611. The van der Waals surface area contributed by atoms with Crippen molar-refractivity contribution in [1.82, 2.24) is 19.5 Å².